The van der Waals surface area contributed by atoms with Gasteiger partial charge in [0, 0.05) is 23.3 Å². The van der Waals surface area contributed by atoms with Crippen LogP contribution in [0.2, 0.25) is 0 Å². The summed E-state index contributed by atoms with van der Waals surface area (Å²) in [7, 11) is 0. The second kappa shape index (κ2) is 34.5. The Morgan fingerprint density at radius 1 is 0.320 bits per heavy atom. The van der Waals surface area contributed by atoms with E-state index in [1.54, 1.807) is 0 Å². The molecule has 2 aromatic rings. The van der Waals surface area contributed by atoms with Crippen molar-refractivity contribution in [3.8, 4) is 5.69 Å². The fourth-order valence-electron chi connectivity index (χ4n) is 7.84. The molecule has 0 N–H and O–H groups in total. The first-order valence-corrected chi connectivity index (χ1v) is 22.9. The number of hydrogen-bond acceptors (Lipinski definition) is 0. The summed E-state index contributed by atoms with van der Waals surface area (Å²) in [6, 6.07) is 13.5. The van der Waals surface area contributed by atoms with Gasteiger partial charge in [0.25, 0.3) is 0 Å². The van der Waals surface area contributed by atoms with Crippen LogP contribution in [0, 0.1) is 0 Å². The molecule has 50 heavy (non-hydrogen) atoms. The summed E-state index contributed by atoms with van der Waals surface area (Å²) in [6.45, 7) is 4.62. The molecule has 0 saturated carbocycles. The van der Waals surface area contributed by atoms with Crippen molar-refractivity contribution in [1.82, 2.24) is 0 Å². The first kappa shape index (κ1) is 44.5. The van der Waals surface area contributed by atoms with Gasteiger partial charge in [-0.15, -0.1) is 0 Å². The molecular formula is C49H86N+. The second-order valence-corrected chi connectivity index (χ2v) is 16.1. The molecule has 286 valence electrons. The van der Waals surface area contributed by atoms with E-state index in [9.17, 15) is 0 Å². The van der Waals surface area contributed by atoms with Crippen LogP contribution in [0.5, 0.6) is 0 Å². The number of aryl methyl sites for hydroxylation is 2. The van der Waals surface area contributed by atoms with Crippen LogP contribution in [-0.4, -0.2) is 0 Å². The van der Waals surface area contributed by atoms with Gasteiger partial charge in [-0.2, -0.15) is 4.57 Å². The Kier molecular flexibility index (Phi) is 30.7. The number of benzene rings is 1. The number of unbranched alkanes of at least 4 members (excludes halogenated alkanes) is 32. The summed E-state index contributed by atoms with van der Waals surface area (Å²) < 4.78 is 2.39. The quantitative estimate of drug-likeness (QED) is 0.0491. The molecule has 0 saturated heterocycles. The lowest BCUT2D eigenvalue weighted by molar-refractivity contribution is -0.596. The molecule has 0 fully saturated rings. The lowest BCUT2D eigenvalue weighted by atomic mass is 10.0. The van der Waals surface area contributed by atoms with Crippen LogP contribution in [0.15, 0.2) is 48.8 Å². The zero-order valence-electron chi connectivity index (χ0n) is 34.0. The predicted molar refractivity (Wildman–Crippen MR) is 224 cm³/mol. The van der Waals surface area contributed by atoms with E-state index in [4.69, 9.17) is 0 Å². The molecule has 0 aliphatic rings. The zero-order chi connectivity index (χ0) is 35.4. The Morgan fingerprint density at radius 3 is 0.860 bits per heavy atom. The van der Waals surface area contributed by atoms with Gasteiger partial charge in [-0.3, -0.25) is 0 Å². The molecule has 0 radical (unpaired) electrons. The van der Waals surface area contributed by atoms with E-state index in [0.29, 0.717) is 0 Å². The lowest BCUT2D eigenvalue weighted by Crippen LogP contribution is -2.31. The fraction of sp³-hybridized carbons (Fsp3) is 0.776. The number of para-hydroxylation sites is 1. The van der Waals surface area contributed by atoms with Crippen molar-refractivity contribution in [2.75, 3.05) is 0 Å². The highest BCUT2D eigenvalue weighted by Gasteiger charge is 2.11. The Labute approximate surface area is 314 Å². The van der Waals surface area contributed by atoms with Gasteiger partial charge in [0.2, 0.25) is 5.69 Å². The summed E-state index contributed by atoms with van der Waals surface area (Å²) in [4.78, 5) is 0. The average Bonchev–Trinajstić information content (AvgIpc) is 3.14. The van der Waals surface area contributed by atoms with Crippen molar-refractivity contribution >= 4 is 0 Å². The highest BCUT2D eigenvalue weighted by Crippen LogP contribution is 2.18. The third-order valence-electron chi connectivity index (χ3n) is 11.2. The molecule has 0 atom stereocenters. The maximum atomic E-state index is 2.53. The molecule has 1 heteroatoms. The minimum atomic E-state index is 1.22. The van der Waals surface area contributed by atoms with E-state index in [2.05, 4.69) is 67.2 Å². The van der Waals surface area contributed by atoms with Crippen LogP contribution in [0.1, 0.15) is 243 Å². The van der Waals surface area contributed by atoms with Crippen LogP contribution >= 0.6 is 0 Å². The molecule has 2 rings (SSSR count). The minimum Gasteiger partial charge on any atom is -0.167 e. The zero-order valence-corrected chi connectivity index (χ0v) is 34.0. The summed E-state index contributed by atoms with van der Waals surface area (Å²) in [5, 5.41) is 0. The summed E-state index contributed by atoms with van der Waals surface area (Å²) in [5.74, 6) is 0. The molecule has 0 bridgehead atoms. The van der Waals surface area contributed by atoms with Crippen LogP contribution in [0.4, 0.5) is 0 Å². The maximum absolute atomic E-state index is 2.53. The Hall–Kier alpha value is -1.63. The van der Waals surface area contributed by atoms with Crippen LogP contribution < -0.4 is 4.57 Å². The van der Waals surface area contributed by atoms with E-state index in [0.717, 1.165) is 0 Å². The first-order valence-electron chi connectivity index (χ1n) is 22.9. The van der Waals surface area contributed by atoms with Crippen LogP contribution in [0.3, 0.4) is 0 Å². The Balaban J connectivity index is 1.51. The van der Waals surface area contributed by atoms with E-state index >= 15 is 0 Å². The Morgan fingerprint density at radius 2 is 0.580 bits per heavy atom. The molecule has 1 aromatic heterocycles. The molecule has 0 amide bonds. The molecule has 1 aromatic carbocycles. The lowest BCUT2D eigenvalue weighted by Gasteiger charge is -2.07. The van der Waals surface area contributed by atoms with E-state index < -0.39 is 0 Å². The highest BCUT2D eigenvalue weighted by molar-refractivity contribution is 5.24. The molecule has 1 heterocycles. The van der Waals surface area contributed by atoms with Crippen LogP contribution in [0.25, 0.3) is 5.69 Å². The van der Waals surface area contributed by atoms with Crippen molar-refractivity contribution in [3.05, 3.63) is 59.9 Å². The topological polar surface area (TPSA) is 3.88 Å². The van der Waals surface area contributed by atoms with E-state index in [1.165, 1.54) is 248 Å². The number of hydrogen-bond donors (Lipinski definition) is 0. The fourth-order valence-corrected chi connectivity index (χ4v) is 7.84. The van der Waals surface area contributed by atoms with Gasteiger partial charge in [-0.05, 0) is 31.7 Å². The number of rotatable bonds is 37. The van der Waals surface area contributed by atoms with Gasteiger partial charge in [0.15, 0.2) is 12.4 Å². The smallest absolute Gasteiger partial charge is 0.167 e. The largest absolute Gasteiger partial charge is 0.210 e. The van der Waals surface area contributed by atoms with Crippen molar-refractivity contribution in [2.24, 2.45) is 0 Å². The highest BCUT2D eigenvalue weighted by atomic mass is 14.9. The summed E-state index contributed by atoms with van der Waals surface area (Å²) in [6.07, 6.45) is 56.2. The summed E-state index contributed by atoms with van der Waals surface area (Å²) >= 11 is 0. The average molecular weight is 689 g/mol. The molecule has 0 aliphatic heterocycles. The molecular weight excluding hydrogens is 603 g/mol. The predicted octanol–water partition coefficient (Wildman–Crippen LogP) is 16.4. The molecule has 0 unspecified atom stereocenters. The van der Waals surface area contributed by atoms with Crippen molar-refractivity contribution in [3.63, 3.8) is 0 Å². The van der Waals surface area contributed by atoms with Gasteiger partial charge in [-0.25, -0.2) is 0 Å². The normalized spacial score (nSPS) is 11.5. The van der Waals surface area contributed by atoms with Gasteiger partial charge >= 0.3 is 0 Å². The third kappa shape index (κ3) is 26.2. The number of aromatic nitrogens is 1. The third-order valence-corrected chi connectivity index (χ3v) is 11.2. The van der Waals surface area contributed by atoms with Gasteiger partial charge in [0.05, 0.1) is 0 Å². The standard InChI is InChI=1S/C49H86N/c1-3-5-7-9-11-13-15-17-19-21-23-25-27-29-31-33-36-40-47-44-48(46-50(45-47)49-42-38-35-39-43-49)41-37-34-32-30-28-26-24-22-20-18-16-14-12-10-8-6-4-2/h35,38-39,42-46H,3-34,36-37,40-41H2,1-2H3/q+1. The second-order valence-electron chi connectivity index (χ2n) is 16.1. The minimum absolute atomic E-state index is 1.22. The first-order chi connectivity index (χ1) is 24.8. The Bertz CT molecular complexity index is 908. The van der Waals surface area contributed by atoms with Gasteiger partial charge in [0.1, 0.15) is 0 Å². The maximum Gasteiger partial charge on any atom is 0.210 e. The van der Waals surface area contributed by atoms with Gasteiger partial charge in [-0.1, -0.05) is 238 Å². The SMILES string of the molecule is CCCCCCCCCCCCCCCCCCCc1cc(CCCCCCCCCCCCCCCCCCC)c[n+](-c2ccccc2)c1. The van der Waals surface area contributed by atoms with Crippen molar-refractivity contribution in [2.45, 2.75) is 245 Å². The van der Waals surface area contributed by atoms with Crippen LogP contribution in [-0.2, 0) is 12.8 Å². The molecule has 1 nitrogen and oxygen atoms in total. The van der Waals surface area contributed by atoms with Crippen molar-refractivity contribution in [1.29, 1.82) is 0 Å². The van der Waals surface area contributed by atoms with Gasteiger partial charge < -0.3 is 0 Å². The molecule has 0 aliphatic carbocycles. The summed E-state index contributed by atoms with van der Waals surface area (Å²) in [5.41, 5.74) is 4.35. The van der Waals surface area contributed by atoms with Crippen molar-refractivity contribution < 1.29 is 4.57 Å². The number of pyridine rings is 1. The monoisotopic (exact) mass is 689 g/mol. The van der Waals surface area contributed by atoms with E-state index in [1.807, 2.05) is 0 Å². The molecule has 0 spiro atoms. The van der Waals surface area contributed by atoms with E-state index in [-0.39, 0.29) is 0 Å². The number of nitrogens with zero attached hydrogens (tertiary/aromatic N) is 1.